The molecule has 0 radical (unpaired) electrons. The molecule has 4 nitrogen and oxygen atoms in total. The van der Waals surface area contributed by atoms with Crippen LogP contribution in [0.1, 0.15) is 62.9 Å². The molecule has 3 aromatic rings. The van der Waals surface area contributed by atoms with Gasteiger partial charge in [-0.15, -0.1) is 0 Å². The number of fused-ring (bicyclic) bond motifs is 1. The predicted octanol–water partition coefficient (Wildman–Crippen LogP) is 5.67. The maximum Gasteiger partial charge on any atom is 0.337 e. The van der Waals surface area contributed by atoms with Gasteiger partial charge in [-0.3, -0.25) is 0 Å². The summed E-state index contributed by atoms with van der Waals surface area (Å²) in [5.74, 6) is -0.869. The Morgan fingerprint density at radius 2 is 1.87 bits per heavy atom. The van der Waals surface area contributed by atoms with Gasteiger partial charge in [0.05, 0.1) is 5.56 Å². The zero-order valence-electron chi connectivity index (χ0n) is 17.4. The van der Waals surface area contributed by atoms with Crippen molar-refractivity contribution in [2.45, 2.75) is 52.2 Å². The minimum absolute atomic E-state index is 0.260. The number of aromatic nitrogens is 1. The van der Waals surface area contributed by atoms with Crippen LogP contribution in [0.3, 0.4) is 0 Å². The summed E-state index contributed by atoms with van der Waals surface area (Å²) in [7, 11) is 0. The van der Waals surface area contributed by atoms with Crippen molar-refractivity contribution < 1.29 is 9.90 Å². The summed E-state index contributed by atoms with van der Waals surface area (Å²) in [5, 5.41) is 14.3. The number of carbonyl (C=O) groups is 1. The van der Waals surface area contributed by atoms with Gasteiger partial charge in [-0.2, -0.15) is 0 Å². The van der Waals surface area contributed by atoms with E-state index in [0.717, 1.165) is 41.8 Å². The molecule has 0 aliphatic heterocycles. The summed E-state index contributed by atoms with van der Waals surface area (Å²) in [5.41, 5.74) is 6.91. The van der Waals surface area contributed by atoms with Crippen LogP contribution in [0, 0.1) is 13.8 Å². The Bertz CT molecular complexity index is 1070. The van der Waals surface area contributed by atoms with Crippen molar-refractivity contribution >= 4 is 17.6 Å². The smallest absolute Gasteiger partial charge is 0.337 e. The number of hydrogen-bond acceptors (Lipinski definition) is 2. The van der Waals surface area contributed by atoms with Crippen LogP contribution in [0.5, 0.6) is 0 Å². The number of rotatable bonds is 6. The van der Waals surface area contributed by atoms with Gasteiger partial charge in [0.2, 0.25) is 0 Å². The number of nitrogens with one attached hydrogen (secondary N) is 1. The molecule has 0 unspecified atom stereocenters. The molecule has 4 rings (SSSR count). The fourth-order valence-electron chi connectivity index (χ4n) is 4.65. The van der Waals surface area contributed by atoms with Crippen LogP contribution in [-0.4, -0.2) is 15.6 Å². The third-order valence-corrected chi connectivity index (χ3v) is 6.52. The van der Waals surface area contributed by atoms with E-state index in [-0.39, 0.29) is 6.04 Å². The first-order valence-corrected chi connectivity index (χ1v) is 10.8. The highest BCUT2D eigenvalue weighted by atomic mass is 35.5. The molecule has 2 N–H and O–H groups in total. The van der Waals surface area contributed by atoms with Crippen molar-refractivity contribution in [3.8, 4) is 0 Å². The zero-order chi connectivity index (χ0) is 21.3. The average molecular weight is 423 g/mol. The lowest BCUT2D eigenvalue weighted by Crippen LogP contribution is -2.25. The minimum atomic E-state index is -0.869. The van der Waals surface area contributed by atoms with E-state index >= 15 is 0 Å². The molecule has 0 saturated heterocycles. The van der Waals surface area contributed by atoms with E-state index in [4.69, 9.17) is 11.6 Å². The molecule has 1 aromatic heterocycles. The summed E-state index contributed by atoms with van der Waals surface area (Å²) in [6, 6.07) is 16.5. The highest BCUT2D eigenvalue weighted by molar-refractivity contribution is 6.30. The topological polar surface area (TPSA) is 54.3 Å². The SMILES string of the molecule is Cc1c(CN[C@@H]2CCCc3ccccc32)c(C(=O)O)c(C)n1Cc1ccc(Cl)cc1. The Morgan fingerprint density at radius 1 is 1.13 bits per heavy atom. The first kappa shape index (κ1) is 20.7. The van der Waals surface area contributed by atoms with E-state index in [1.54, 1.807) is 0 Å². The number of halogens is 1. The van der Waals surface area contributed by atoms with Gasteiger partial charge in [0, 0.05) is 41.1 Å². The fourth-order valence-corrected chi connectivity index (χ4v) is 4.78. The Hall–Kier alpha value is -2.56. The van der Waals surface area contributed by atoms with Gasteiger partial charge in [-0.05, 0) is 61.9 Å². The van der Waals surface area contributed by atoms with Crippen LogP contribution in [-0.2, 0) is 19.5 Å². The highest BCUT2D eigenvalue weighted by Gasteiger charge is 2.25. The molecule has 1 aliphatic carbocycles. The summed E-state index contributed by atoms with van der Waals surface area (Å²) >= 11 is 6.01. The molecule has 30 heavy (non-hydrogen) atoms. The Balaban J connectivity index is 1.62. The van der Waals surface area contributed by atoms with Crippen LogP contribution in [0.15, 0.2) is 48.5 Å². The lowest BCUT2D eigenvalue weighted by atomic mass is 9.87. The fraction of sp³-hybridized carbons (Fsp3) is 0.320. The first-order chi connectivity index (χ1) is 14.5. The number of benzene rings is 2. The summed E-state index contributed by atoms with van der Waals surface area (Å²) in [6.07, 6.45) is 3.34. The quantitative estimate of drug-likeness (QED) is 0.538. The molecule has 0 saturated carbocycles. The van der Waals surface area contributed by atoms with Crippen LogP contribution < -0.4 is 5.32 Å². The van der Waals surface area contributed by atoms with Gasteiger partial charge in [0.25, 0.3) is 0 Å². The number of aryl methyl sites for hydroxylation is 1. The molecule has 0 fully saturated rings. The molecule has 156 valence electrons. The predicted molar refractivity (Wildman–Crippen MR) is 120 cm³/mol. The van der Waals surface area contributed by atoms with E-state index < -0.39 is 5.97 Å². The molecular formula is C25H27ClN2O2. The maximum absolute atomic E-state index is 12.1. The van der Waals surface area contributed by atoms with Crippen molar-refractivity contribution in [1.29, 1.82) is 0 Å². The second kappa shape index (κ2) is 8.66. The third kappa shape index (κ3) is 4.03. The van der Waals surface area contributed by atoms with E-state index in [1.165, 1.54) is 11.1 Å². The zero-order valence-corrected chi connectivity index (χ0v) is 18.2. The first-order valence-electron chi connectivity index (χ1n) is 10.4. The largest absolute Gasteiger partial charge is 0.478 e. The lowest BCUT2D eigenvalue weighted by molar-refractivity contribution is 0.0694. The lowest BCUT2D eigenvalue weighted by Gasteiger charge is -2.26. The monoisotopic (exact) mass is 422 g/mol. The molecule has 0 spiro atoms. The number of carboxylic acid groups (broad SMARTS) is 1. The number of nitrogens with zero attached hydrogens (tertiary/aromatic N) is 1. The Morgan fingerprint density at radius 3 is 2.60 bits per heavy atom. The maximum atomic E-state index is 12.1. The van der Waals surface area contributed by atoms with E-state index in [0.29, 0.717) is 23.7 Å². The van der Waals surface area contributed by atoms with Crippen molar-refractivity contribution in [2.75, 3.05) is 0 Å². The van der Waals surface area contributed by atoms with Gasteiger partial charge in [-0.25, -0.2) is 4.79 Å². The Kier molecular flexibility index (Phi) is 5.98. The molecule has 1 heterocycles. The number of hydrogen-bond donors (Lipinski definition) is 2. The van der Waals surface area contributed by atoms with Crippen LogP contribution in [0.2, 0.25) is 5.02 Å². The number of carboxylic acids is 1. The van der Waals surface area contributed by atoms with Crippen LogP contribution >= 0.6 is 11.6 Å². The van der Waals surface area contributed by atoms with Gasteiger partial charge in [0.1, 0.15) is 0 Å². The molecular weight excluding hydrogens is 396 g/mol. The standard InChI is InChI=1S/C25H27ClN2O2/c1-16-22(14-27-23-9-5-7-19-6-3-4-8-21(19)23)24(25(29)30)17(2)28(16)15-18-10-12-20(26)13-11-18/h3-4,6,8,10-13,23,27H,5,7,9,14-15H2,1-2H3,(H,29,30)/t23-/m1/s1. The second-order valence-corrected chi connectivity index (χ2v) is 8.50. The molecule has 2 aromatic carbocycles. The summed E-state index contributed by atoms with van der Waals surface area (Å²) in [6.45, 7) is 5.08. The molecule has 0 bridgehead atoms. The number of aromatic carboxylic acids is 1. The second-order valence-electron chi connectivity index (χ2n) is 8.07. The summed E-state index contributed by atoms with van der Waals surface area (Å²) in [4.78, 5) is 12.1. The van der Waals surface area contributed by atoms with Gasteiger partial charge in [-0.1, -0.05) is 48.0 Å². The van der Waals surface area contributed by atoms with Crippen molar-refractivity contribution in [1.82, 2.24) is 9.88 Å². The summed E-state index contributed by atoms with van der Waals surface area (Å²) < 4.78 is 2.10. The van der Waals surface area contributed by atoms with E-state index in [2.05, 4.69) is 34.1 Å². The molecule has 5 heteroatoms. The van der Waals surface area contributed by atoms with Crippen molar-refractivity contribution in [2.24, 2.45) is 0 Å². The average Bonchev–Trinajstić information content (AvgIpc) is 2.98. The third-order valence-electron chi connectivity index (χ3n) is 6.27. The highest BCUT2D eigenvalue weighted by Crippen LogP contribution is 2.31. The normalized spacial score (nSPS) is 15.8. The molecule has 0 amide bonds. The van der Waals surface area contributed by atoms with Crippen LogP contribution in [0.25, 0.3) is 0 Å². The van der Waals surface area contributed by atoms with E-state index in [1.807, 2.05) is 38.1 Å². The van der Waals surface area contributed by atoms with E-state index in [9.17, 15) is 9.90 Å². The minimum Gasteiger partial charge on any atom is -0.478 e. The molecule has 1 aliphatic rings. The van der Waals surface area contributed by atoms with Gasteiger partial charge >= 0.3 is 5.97 Å². The van der Waals surface area contributed by atoms with Crippen molar-refractivity contribution in [3.05, 3.63) is 92.8 Å². The van der Waals surface area contributed by atoms with Gasteiger partial charge in [0.15, 0.2) is 0 Å². The van der Waals surface area contributed by atoms with Crippen LogP contribution in [0.4, 0.5) is 0 Å². The van der Waals surface area contributed by atoms with Gasteiger partial charge < -0.3 is 15.0 Å². The van der Waals surface area contributed by atoms with Crippen molar-refractivity contribution in [3.63, 3.8) is 0 Å². The Labute approximate surface area is 182 Å². The molecule has 1 atom stereocenters.